The van der Waals surface area contributed by atoms with Gasteiger partial charge in [-0.25, -0.2) is 0 Å². The minimum absolute atomic E-state index is 0.146. The first-order valence-corrected chi connectivity index (χ1v) is 13.9. The van der Waals surface area contributed by atoms with Crippen LogP contribution in [0.15, 0.2) is 34.2 Å². The summed E-state index contributed by atoms with van der Waals surface area (Å²) in [5.74, 6) is -1.22. The van der Waals surface area contributed by atoms with Gasteiger partial charge in [-0.15, -0.1) is 0 Å². The molecule has 180 valence electrons. The van der Waals surface area contributed by atoms with Gasteiger partial charge in [0, 0.05) is 0 Å². The molecule has 0 bridgehead atoms. The van der Waals surface area contributed by atoms with Crippen LogP contribution in [0, 0.1) is 0 Å². The molecule has 0 saturated heterocycles. The van der Waals surface area contributed by atoms with Crippen LogP contribution in [-0.4, -0.2) is 51.8 Å². The molecule has 1 unspecified atom stereocenters. The number of rotatable bonds is 7. The number of amides is 1. The van der Waals surface area contributed by atoms with E-state index in [9.17, 15) is 27.6 Å². The summed E-state index contributed by atoms with van der Waals surface area (Å²) in [5.41, 5.74) is -1.66. The number of carboxylic acid groups (broad SMARTS) is 1. The van der Waals surface area contributed by atoms with Crippen molar-refractivity contribution in [3.05, 3.63) is 45.4 Å². The van der Waals surface area contributed by atoms with E-state index in [1.54, 1.807) is 20.8 Å². The van der Waals surface area contributed by atoms with Crippen LogP contribution in [0.2, 0.25) is 0 Å². The first-order valence-electron chi connectivity index (χ1n) is 9.45. The van der Waals surface area contributed by atoms with Crippen molar-refractivity contribution in [1.82, 2.24) is 10.3 Å². The Morgan fingerprint density at radius 1 is 1.18 bits per heavy atom. The Morgan fingerprint density at radius 3 is 2.18 bits per heavy atom. The van der Waals surface area contributed by atoms with Gasteiger partial charge in [-0.2, -0.15) is 0 Å². The first-order chi connectivity index (χ1) is 15.1. The molecule has 1 aromatic carbocycles. The number of hydrogen-bond acceptors (Lipinski definition) is 6. The molecule has 3 atom stereocenters. The number of halogens is 4. The first kappa shape index (κ1) is 27.3. The molecule has 0 aliphatic rings. The third-order valence-corrected chi connectivity index (χ3v) is 10.5. The molecule has 2 rings (SSSR count). The molecule has 0 aliphatic carbocycles. The van der Waals surface area contributed by atoms with Crippen LogP contribution >= 0.6 is 27.3 Å². The Balaban J connectivity index is 2.57. The summed E-state index contributed by atoms with van der Waals surface area (Å²) < 4.78 is 44.0. The van der Waals surface area contributed by atoms with Crippen molar-refractivity contribution in [2.45, 2.75) is 51.4 Å². The van der Waals surface area contributed by atoms with E-state index in [1.807, 2.05) is 0 Å². The number of alkyl halides is 3. The van der Waals surface area contributed by atoms with Crippen molar-refractivity contribution >= 4 is 61.1 Å². The van der Waals surface area contributed by atoms with Gasteiger partial charge in [0.15, 0.2) is 0 Å². The summed E-state index contributed by atoms with van der Waals surface area (Å²) in [6.07, 6.45) is -4.56. The fourth-order valence-electron chi connectivity index (χ4n) is 2.86. The van der Waals surface area contributed by atoms with Gasteiger partial charge < -0.3 is 0 Å². The van der Waals surface area contributed by atoms with Crippen LogP contribution in [0.5, 0.6) is 0 Å². The van der Waals surface area contributed by atoms with Gasteiger partial charge >= 0.3 is 206 Å². The van der Waals surface area contributed by atoms with Crippen LogP contribution in [0.25, 0.3) is 0 Å². The van der Waals surface area contributed by atoms with Crippen molar-refractivity contribution in [3.63, 3.8) is 0 Å². The quantitative estimate of drug-likeness (QED) is 0.440. The summed E-state index contributed by atoms with van der Waals surface area (Å²) >= 11 is 0.933. The van der Waals surface area contributed by atoms with Crippen LogP contribution in [-0.2, 0) is 15.7 Å². The van der Waals surface area contributed by atoms with Crippen molar-refractivity contribution in [1.29, 1.82) is 0 Å². The molecule has 13 heteroatoms. The molecule has 7 nitrogen and oxygen atoms in total. The Bertz CT molecular complexity index is 1020. The topological polar surface area (TPSA) is 106 Å². The van der Waals surface area contributed by atoms with E-state index in [-0.39, 0.29) is 9.36 Å². The number of aromatic nitrogens is 1. The van der Waals surface area contributed by atoms with Gasteiger partial charge in [0.05, 0.1) is 0 Å². The summed E-state index contributed by atoms with van der Waals surface area (Å²) in [4.78, 5) is 42.2. The van der Waals surface area contributed by atoms with E-state index in [2.05, 4.69) is 26.2 Å². The molecule has 1 amide bonds. The van der Waals surface area contributed by atoms with Crippen LogP contribution < -0.4 is 9.11 Å². The molecule has 2 aromatic rings. The molecule has 0 radical (unpaired) electrons. The summed E-state index contributed by atoms with van der Waals surface area (Å²) in [6, 6.07) is 2.83. The van der Waals surface area contributed by atoms with Crippen molar-refractivity contribution in [3.8, 4) is 0 Å². The van der Waals surface area contributed by atoms with E-state index >= 15 is 0 Å². The number of thiazole rings is 1. The van der Waals surface area contributed by atoms with E-state index in [0.29, 0.717) is 3.79 Å². The fourth-order valence-corrected chi connectivity index (χ4v) is 10.4. The Kier molecular flexibility index (Phi) is 8.75. The number of carbonyl (C=O) groups is 3. The second-order valence-electron chi connectivity index (χ2n) is 7.94. The van der Waals surface area contributed by atoms with Gasteiger partial charge in [0.1, 0.15) is 0 Å². The van der Waals surface area contributed by atoms with Crippen LogP contribution in [0.1, 0.15) is 44.7 Å². The normalized spacial score (nSPS) is 14.8. The Hall–Kier alpha value is -1.91. The average Bonchev–Trinajstić information content (AvgIpc) is 3.05. The molecule has 1 aromatic heterocycles. The third-order valence-electron chi connectivity index (χ3n) is 4.17. The zero-order valence-electron chi connectivity index (χ0n) is 17.9. The molecular weight excluding hydrogens is 592 g/mol. The standard InChI is InChI=1S/C20H21AsBrF3N2O5S/c1-10(27-18(30)31)14(11-5-7-12(8-6-11)20(23,24)25)15(28)21(16-26-9-13(22)33-16)17(29)32-19(2,3)4/h5-10,14,27H,1-4H3,(H,30,31)/t10-,14-,21?/m0/s1. The molecule has 1 heterocycles. The molecular formula is C20H21AsBrF3N2O5S. The van der Waals surface area contributed by atoms with Crippen LogP contribution in [0.4, 0.5) is 22.8 Å². The number of ether oxygens (including phenoxy) is 1. The summed E-state index contributed by atoms with van der Waals surface area (Å²) in [7, 11) is 0. The maximum absolute atomic E-state index is 13.7. The van der Waals surface area contributed by atoms with E-state index < -0.39 is 59.4 Å². The average molecular weight is 613 g/mol. The summed E-state index contributed by atoms with van der Waals surface area (Å²) in [5, 5.41) is 11.4. The second kappa shape index (κ2) is 10.6. The van der Waals surface area contributed by atoms with Crippen molar-refractivity contribution < 1.29 is 37.4 Å². The Labute approximate surface area is 205 Å². The predicted molar refractivity (Wildman–Crippen MR) is 121 cm³/mol. The van der Waals surface area contributed by atoms with Gasteiger partial charge in [0.25, 0.3) is 0 Å². The predicted octanol–water partition coefficient (Wildman–Crippen LogP) is 4.69. The number of benzene rings is 1. The monoisotopic (exact) mass is 612 g/mol. The molecule has 0 spiro atoms. The molecule has 0 aliphatic heterocycles. The molecule has 33 heavy (non-hydrogen) atoms. The molecule has 0 saturated carbocycles. The van der Waals surface area contributed by atoms with Gasteiger partial charge in [0.2, 0.25) is 0 Å². The molecule has 0 fully saturated rings. The number of nitrogens with zero attached hydrogens (tertiary/aromatic N) is 1. The minimum atomic E-state index is -4.58. The van der Waals surface area contributed by atoms with Crippen molar-refractivity contribution in [2.24, 2.45) is 0 Å². The van der Waals surface area contributed by atoms with Gasteiger partial charge in [-0.3, -0.25) is 0 Å². The SMILES string of the molecule is C[C@H](NC(=O)O)[C@H](C(=O)[As](C(=O)OC(C)(C)C)c1ncc(Br)s1)c1ccc(C(F)(F)F)cc1. The second-order valence-corrected chi connectivity index (χ2v) is 15.0. The zero-order chi connectivity index (χ0) is 25.1. The van der Waals surface area contributed by atoms with E-state index in [4.69, 9.17) is 9.84 Å². The fraction of sp³-hybridized carbons (Fsp3) is 0.400. The number of carbonyl (C=O) groups excluding carboxylic acids is 2. The van der Waals surface area contributed by atoms with E-state index in [0.717, 1.165) is 35.6 Å². The third kappa shape index (κ3) is 7.55. The maximum atomic E-state index is 13.7. The van der Waals surface area contributed by atoms with Crippen LogP contribution in [0.3, 0.4) is 0 Å². The Morgan fingerprint density at radius 2 is 1.76 bits per heavy atom. The summed E-state index contributed by atoms with van der Waals surface area (Å²) in [6.45, 7) is 6.33. The molecule has 2 N–H and O–H groups in total. The van der Waals surface area contributed by atoms with Gasteiger partial charge in [-0.1, -0.05) is 0 Å². The van der Waals surface area contributed by atoms with E-state index in [1.165, 1.54) is 13.1 Å². The number of hydrogen-bond donors (Lipinski definition) is 2. The number of nitrogens with one attached hydrogen (secondary N) is 1. The van der Waals surface area contributed by atoms with Gasteiger partial charge in [-0.05, 0) is 0 Å². The zero-order valence-corrected chi connectivity index (χ0v) is 22.2. The van der Waals surface area contributed by atoms with Crippen molar-refractivity contribution in [2.75, 3.05) is 0 Å².